The van der Waals surface area contributed by atoms with Gasteiger partial charge in [-0.15, -0.1) is 0 Å². The van der Waals surface area contributed by atoms with Crippen LogP contribution in [0.3, 0.4) is 0 Å². The minimum atomic E-state index is -1.51. The molecule has 0 radical (unpaired) electrons. The van der Waals surface area contributed by atoms with Gasteiger partial charge in [-0.2, -0.15) is 0 Å². The van der Waals surface area contributed by atoms with Crippen LogP contribution in [0.4, 0.5) is 11.4 Å². The molecule has 2 N–H and O–H groups in total. The Morgan fingerprint density at radius 1 is 0.921 bits per heavy atom. The van der Waals surface area contributed by atoms with Crippen molar-refractivity contribution in [1.82, 2.24) is 4.90 Å². The van der Waals surface area contributed by atoms with Gasteiger partial charge in [0.05, 0.1) is 5.92 Å². The standard InChI is InChI=1S/C29H22ClN3O5/c30-16-8-9-20-18(13-16)29(27(36)32-20)28(17-4-1-2-5-19(17)31-26(28)35)24(21-6-3-11-33(21)29)25(34)15-7-10-22-23(12-15)38-14-37-22/h1-2,4-5,7-10,12-13,21,24H,3,6,11,14H2,(H,31,35)(H,32,36). The first-order valence-corrected chi connectivity index (χ1v) is 13.1. The Morgan fingerprint density at radius 3 is 2.61 bits per heavy atom. The number of anilines is 2. The second-order valence-corrected chi connectivity index (χ2v) is 10.9. The van der Waals surface area contributed by atoms with Gasteiger partial charge in [-0.1, -0.05) is 29.8 Å². The first kappa shape index (κ1) is 22.1. The van der Waals surface area contributed by atoms with Crippen molar-refractivity contribution in [2.45, 2.75) is 29.8 Å². The molecule has 8 rings (SSSR count). The number of ketones is 1. The van der Waals surface area contributed by atoms with E-state index in [1.54, 1.807) is 36.4 Å². The highest BCUT2D eigenvalue weighted by Crippen LogP contribution is 2.68. The number of ether oxygens (including phenoxy) is 2. The van der Waals surface area contributed by atoms with Crippen LogP contribution in [-0.2, 0) is 20.5 Å². The molecule has 2 saturated heterocycles. The molecule has 9 heteroatoms. The number of halogens is 1. The lowest BCUT2D eigenvalue weighted by Gasteiger charge is -2.43. The predicted molar refractivity (Wildman–Crippen MR) is 139 cm³/mol. The quantitative estimate of drug-likeness (QED) is 0.487. The molecule has 190 valence electrons. The summed E-state index contributed by atoms with van der Waals surface area (Å²) in [5.74, 6) is -0.626. The van der Waals surface area contributed by atoms with Crippen LogP contribution in [0.2, 0.25) is 5.02 Å². The number of fused-ring (bicyclic) bond motifs is 8. The van der Waals surface area contributed by atoms with E-state index in [1.807, 2.05) is 24.3 Å². The molecular formula is C29H22ClN3O5. The van der Waals surface area contributed by atoms with Gasteiger partial charge in [0.2, 0.25) is 12.7 Å². The first-order valence-electron chi connectivity index (χ1n) is 12.7. The lowest BCUT2D eigenvalue weighted by atomic mass is 9.57. The molecule has 5 heterocycles. The van der Waals surface area contributed by atoms with Crippen molar-refractivity contribution < 1.29 is 23.9 Å². The number of para-hydroxylation sites is 1. The number of nitrogens with zero attached hydrogens (tertiary/aromatic N) is 1. The first-order chi connectivity index (χ1) is 18.5. The number of carbonyl (C=O) groups is 3. The zero-order valence-electron chi connectivity index (χ0n) is 20.1. The normalized spacial score (nSPS) is 29.9. The Balaban J connectivity index is 1.45. The lowest BCUT2D eigenvalue weighted by molar-refractivity contribution is -0.137. The maximum atomic E-state index is 14.7. The van der Waals surface area contributed by atoms with E-state index in [4.69, 9.17) is 21.1 Å². The van der Waals surface area contributed by atoms with Crippen LogP contribution in [-0.4, -0.2) is 41.9 Å². The molecule has 2 fully saturated rings. The second kappa shape index (κ2) is 7.36. The molecule has 2 amide bonds. The third-order valence-corrected chi connectivity index (χ3v) is 9.23. The molecule has 0 aliphatic carbocycles. The number of benzene rings is 3. The monoisotopic (exact) mass is 527 g/mol. The fourth-order valence-corrected chi connectivity index (χ4v) is 7.95. The minimum absolute atomic E-state index is 0.0906. The molecule has 0 bridgehead atoms. The van der Waals surface area contributed by atoms with Gasteiger partial charge < -0.3 is 20.1 Å². The SMILES string of the molecule is O=C(c1ccc2c(c1)OCO2)C1C2CCCN2C2(C(=O)Nc3ccc(Cl)cc32)C12C(=O)Nc1ccccc12. The molecule has 0 saturated carbocycles. The minimum Gasteiger partial charge on any atom is -0.454 e. The second-order valence-electron chi connectivity index (χ2n) is 10.5. The highest BCUT2D eigenvalue weighted by Gasteiger charge is 2.81. The summed E-state index contributed by atoms with van der Waals surface area (Å²) >= 11 is 6.51. The maximum absolute atomic E-state index is 14.7. The van der Waals surface area contributed by atoms with Gasteiger partial charge in [-0.3, -0.25) is 19.3 Å². The third-order valence-electron chi connectivity index (χ3n) is 9.00. The van der Waals surface area contributed by atoms with Crippen LogP contribution in [0.1, 0.15) is 34.3 Å². The summed E-state index contributed by atoms with van der Waals surface area (Å²) in [5, 5.41) is 6.54. The topological polar surface area (TPSA) is 97.0 Å². The number of carbonyl (C=O) groups excluding carboxylic acids is 3. The van der Waals surface area contributed by atoms with E-state index in [1.165, 1.54) is 0 Å². The Morgan fingerprint density at radius 2 is 1.71 bits per heavy atom. The van der Waals surface area contributed by atoms with E-state index in [0.717, 1.165) is 6.42 Å². The van der Waals surface area contributed by atoms with Crippen molar-refractivity contribution in [2.75, 3.05) is 24.0 Å². The van der Waals surface area contributed by atoms with Crippen molar-refractivity contribution in [1.29, 1.82) is 0 Å². The van der Waals surface area contributed by atoms with Gasteiger partial charge in [0.25, 0.3) is 5.91 Å². The number of rotatable bonds is 2. The van der Waals surface area contributed by atoms with Crippen LogP contribution in [0.15, 0.2) is 60.7 Å². The number of hydrogen-bond acceptors (Lipinski definition) is 6. The van der Waals surface area contributed by atoms with Crippen LogP contribution in [0, 0.1) is 5.92 Å². The highest BCUT2D eigenvalue weighted by molar-refractivity contribution is 6.31. The number of amides is 2. The van der Waals surface area contributed by atoms with Crippen LogP contribution < -0.4 is 20.1 Å². The Bertz CT molecular complexity index is 1610. The van der Waals surface area contributed by atoms with Crippen molar-refractivity contribution in [2.24, 2.45) is 5.92 Å². The smallest absolute Gasteiger partial charge is 0.251 e. The van der Waals surface area contributed by atoms with Crippen LogP contribution in [0.5, 0.6) is 11.5 Å². The zero-order valence-corrected chi connectivity index (χ0v) is 20.9. The summed E-state index contributed by atoms with van der Waals surface area (Å²) in [5.41, 5.74) is -0.0209. The van der Waals surface area contributed by atoms with Crippen molar-refractivity contribution >= 4 is 40.6 Å². The van der Waals surface area contributed by atoms with E-state index < -0.39 is 16.9 Å². The average Bonchev–Trinajstić information content (AvgIpc) is 3.71. The summed E-state index contributed by atoms with van der Waals surface area (Å²) in [4.78, 5) is 45.6. The highest BCUT2D eigenvalue weighted by atomic mass is 35.5. The molecule has 5 aliphatic heterocycles. The van der Waals surface area contributed by atoms with Gasteiger partial charge in [0, 0.05) is 33.6 Å². The summed E-state index contributed by atoms with van der Waals surface area (Å²) in [6, 6.07) is 17.4. The van der Waals surface area contributed by atoms with Crippen LogP contribution >= 0.6 is 11.6 Å². The molecule has 0 aromatic heterocycles. The molecule has 8 nitrogen and oxygen atoms in total. The lowest BCUT2D eigenvalue weighted by Crippen LogP contribution is -2.62. The predicted octanol–water partition coefficient (Wildman–Crippen LogP) is 4.08. The van der Waals surface area contributed by atoms with E-state index in [0.29, 0.717) is 57.6 Å². The Hall–Kier alpha value is -3.88. The summed E-state index contributed by atoms with van der Waals surface area (Å²) in [6.45, 7) is 0.666. The Kier molecular flexibility index (Phi) is 4.29. The third kappa shape index (κ3) is 2.39. The van der Waals surface area contributed by atoms with Gasteiger partial charge in [0.1, 0.15) is 11.0 Å². The van der Waals surface area contributed by atoms with Gasteiger partial charge in [-0.05, 0) is 67.4 Å². The summed E-state index contributed by atoms with van der Waals surface area (Å²) < 4.78 is 11.0. The van der Waals surface area contributed by atoms with E-state index >= 15 is 0 Å². The molecule has 2 spiro atoms. The number of Topliss-reactive ketones (excluding diaryl/α,β-unsaturated/α-hetero) is 1. The van der Waals surface area contributed by atoms with Crippen LogP contribution in [0.25, 0.3) is 0 Å². The summed E-state index contributed by atoms with van der Waals surface area (Å²) in [6.07, 6.45) is 1.49. The fourth-order valence-electron chi connectivity index (χ4n) is 7.78. The largest absolute Gasteiger partial charge is 0.454 e. The fraction of sp³-hybridized carbons (Fsp3) is 0.276. The number of nitrogens with one attached hydrogen (secondary N) is 2. The molecule has 3 aromatic carbocycles. The maximum Gasteiger partial charge on any atom is 0.251 e. The summed E-state index contributed by atoms with van der Waals surface area (Å²) in [7, 11) is 0. The number of hydrogen-bond donors (Lipinski definition) is 2. The molecule has 3 aromatic rings. The van der Waals surface area contributed by atoms with E-state index in [9.17, 15) is 14.4 Å². The van der Waals surface area contributed by atoms with Gasteiger partial charge in [-0.25, -0.2) is 0 Å². The Labute approximate surface area is 222 Å². The average molecular weight is 528 g/mol. The van der Waals surface area contributed by atoms with E-state index in [2.05, 4.69) is 15.5 Å². The zero-order chi connectivity index (χ0) is 25.8. The molecule has 4 unspecified atom stereocenters. The molecule has 5 aliphatic rings. The van der Waals surface area contributed by atoms with Gasteiger partial charge >= 0.3 is 0 Å². The van der Waals surface area contributed by atoms with Crippen molar-refractivity contribution in [3.63, 3.8) is 0 Å². The molecule has 38 heavy (non-hydrogen) atoms. The van der Waals surface area contributed by atoms with Crippen molar-refractivity contribution in [3.05, 3.63) is 82.4 Å². The van der Waals surface area contributed by atoms with Gasteiger partial charge in [0.15, 0.2) is 17.3 Å². The molecule has 4 atom stereocenters. The van der Waals surface area contributed by atoms with E-state index in [-0.39, 0.29) is 30.4 Å². The molecular weight excluding hydrogens is 506 g/mol. The van der Waals surface area contributed by atoms with Crippen molar-refractivity contribution in [3.8, 4) is 11.5 Å².